The quantitative estimate of drug-likeness (QED) is 0.0965. The molecule has 4 aromatic carbocycles. The Morgan fingerprint density at radius 1 is 0.596 bits per heavy atom. The predicted molar refractivity (Wildman–Crippen MR) is 188 cm³/mol. The molecular formula is C33H30N10O2S2. The van der Waals surface area contributed by atoms with Gasteiger partial charge in [0.1, 0.15) is 11.5 Å². The number of ether oxygens (including phenoxy) is 2. The molecule has 6 rings (SSSR count). The molecule has 0 spiro atoms. The second-order valence-corrected chi connectivity index (χ2v) is 12.0. The molecule has 0 unspecified atom stereocenters. The molecular weight excluding hydrogens is 633 g/mol. The van der Waals surface area contributed by atoms with Gasteiger partial charge in [0.25, 0.3) is 0 Å². The van der Waals surface area contributed by atoms with E-state index >= 15 is 0 Å². The van der Waals surface area contributed by atoms with Crippen LogP contribution in [0.2, 0.25) is 0 Å². The van der Waals surface area contributed by atoms with Crippen LogP contribution in [0.15, 0.2) is 107 Å². The van der Waals surface area contributed by atoms with Crippen LogP contribution in [0.4, 0.5) is 35.2 Å². The third kappa shape index (κ3) is 7.98. The first kappa shape index (κ1) is 31.4. The van der Waals surface area contributed by atoms with Crippen LogP contribution in [-0.4, -0.2) is 43.6 Å². The molecule has 0 radical (unpaired) electrons. The largest absolute Gasteiger partial charge is 0.497 e. The maximum atomic E-state index is 6.09. The lowest BCUT2D eigenvalue weighted by atomic mass is 10.2. The Kier molecular flexibility index (Phi) is 9.79. The summed E-state index contributed by atoms with van der Waals surface area (Å²) in [5.74, 6) is 3.15. The molecule has 0 saturated heterocycles. The summed E-state index contributed by atoms with van der Waals surface area (Å²) < 4.78 is 11.0. The van der Waals surface area contributed by atoms with E-state index in [1.807, 2.05) is 104 Å². The number of rotatable bonds is 12. The molecule has 0 aliphatic heterocycles. The Morgan fingerprint density at radius 3 is 1.60 bits per heavy atom. The van der Waals surface area contributed by atoms with Crippen LogP contribution in [0, 0.1) is 0 Å². The summed E-state index contributed by atoms with van der Waals surface area (Å²) in [6.07, 6.45) is 0. The van der Waals surface area contributed by atoms with Crippen LogP contribution in [0.1, 0.15) is 6.92 Å². The molecule has 0 amide bonds. The lowest BCUT2D eigenvalue weighted by molar-refractivity contribution is 0.340. The number of aromatic nitrogens is 6. The van der Waals surface area contributed by atoms with E-state index in [1.165, 1.54) is 0 Å². The minimum atomic E-state index is 0.101. The van der Waals surface area contributed by atoms with Gasteiger partial charge < -0.3 is 31.6 Å². The van der Waals surface area contributed by atoms with E-state index in [0.29, 0.717) is 35.9 Å². The monoisotopic (exact) mass is 662 g/mol. The molecule has 2 heterocycles. The highest BCUT2D eigenvalue weighted by molar-refractivity contribution is 8.76. The number of nitrogens with zero attached hydrogens (tertiary/aromatic N) is 6. The second kappa shape index (κ2) is 14.7. The van der Waals surface area contributed by atoms with Gasteiger partial charge in [-0.3, -0.25) is 0 Å². The summed E-state index contributed by atoms with van der Waals surface area (Å²) in [7, 11) is 4.74. The second-order valence-electron chi connectivity index (χ2n) is 9.78. The van der Waals surface area contributed by atoms with Crippen LogP contribution >= 0.6 is 21.6 Å². The molecule has 47 heavy (non-hydrogen) atoms. The fraction of sp³-hybridized carbons (Fsp3) is 0.0909. The third-order valence-corrected chi connectivity index (χ3v) is 9.01. The van der Waals surface area contributed by atoms with Gasteiger partial charge in [-0.1, -0.05) is 70.1 Å². The van der Waals surface area contributed by atoms with E-state index in [2.05, 4.69) is 40.5 Å². The van der Waals surface area contributed by atoms with E-state index < -0.39 is 0 Å². The molecule has 236 valence electrons. The molecule has 0 aliphatic carbocycles. The molecule has 6 aromatic rings. The Morgan fingerprint density at radius 2 is 1.09 bits per heavy atom. The molecule has 2 aromatic heterocycles. The number of methoxy groups -OCH3 is 1. The first-order valence-electron chi connectivity index (χ1n) is 14.4. The molecule has 0 saturated carbocycles. The number of nitrogen functional groups attached to an aromatic ring is 2. The molecule has 0 atom stereocenters. The zero-order valence-electron chi connectivity index (χ0n) is 25.4. The van der Waals surface area contributed by atoms with Crippen LogP contribution in [0.3, 0.4) is 0 Å². The normalized spacial score (nSPS) is 10.8. The van der Waals surface area contributed by atoms with Gasteiger partial charge in [0.05, 0.1) is 25.1 Å². The fourth-order valence-corrected chi connectivity index (χ4v) is 6.70. The maximum Gasteiger partial charge on any atom is 0.232 e. The number of nitrogens with one attached hydrogen (secondary N) is 2. The Balaban J connectivity index is 1.20. The zero-order chi connectivity index (χ0) is 32.6. The van der Waals surface area contributed by atoms with Crippen molar-refractivity contribution in [1.82, 2.24) is 29.9 Å². The van der Waals surface area contributed by atoms with E-state index in [0.717, 1.165) is 38.0 Å². The lowest BCUT2D eigenvalue weighted by Gasteiger charge is -2.13. The van der Waals surface area contributed by atoms with Crippen molar-refractivity contribution in [3.05, 3.63) is 97.1 Å². The van der Waals surface area contributed by atoms with Crippen molar-refractivity contribution in [2.45, 2.75) is 16.7 Å². The van der Waals surface area contributed by atoms with Crippen molar-refractivity contribution in [1.29, 1.82) is 0 Å². The molecule has 6 N–H and O–H groups in total. The molecule has 0 aliphatic rings. The fourth-order valence-electron chi connectivity index (χ4n) is 4.42. The van der Waals surface area contributed by atoms with Gasteiger partial charge in [0, 0.05) is 20.9 Å². The number of para-hydroxylation sites is 2. The summed E-state index contributed by atoms with van der Waals surface area (Å²) in [4.78, 5) is 28.5. The van der Waals surface area contributed by atoms with Gasteiger partial charge >= 0.3 is 0 Å². The smallest absolute Gasteiger partial charge is 0.232 e. The number of hydrogen-bond acceptors (Lipinski definition) is 14. The highest BCUT2D eigenvalue weighted by Crippen LogP contribution is 2.44. The van der Waals surface area contributed by atoms with Crippen molar-refractivity contribution in [3.8, 4) is 34.3 Å². The maximum absolute atomic E-state index is 6.09. The van der Waals surface area contributed by atoms with Crippen molar-refractivity contribution < 1.29 is 9.47 Å². The highest BCUT2D eigenvalue weighted by Gasteiger charge is 2.14. The number of hydrogen-bond donors (Lipinski definition) is 4. The van der Waals surface area contributed by atoms with Crippen LogP contribution in [0.5, 0.6) is 11.5 Å². The Bertz CT molecular complexity index is 2010. The van der Waals surface area contributed by atoms with Gasteiger partial charge in [-0.25, -0.2) is 0 Å². The molecule has 0 bridgehead atoms. The topological polar surface area (TPSA) is 172 Å². The van der Waals surface area contributed by atoms with Crippen molar-refractivity contribution >= 4 is 56.8 Å². The minimum absolute atomic E-state index is 0.101. The number of anilines is 6. The standard InChI is InChI=1S/C33H30N10O2S2/c1-3-45-23-13-9-11-21(19-23)29-39-31(35)43-33(41-29)37-25-15-5-7-17-27(25)47-46-26-16-6-4-14-24(26)36-32-40-28(38-30(34)42-32)20-10-8-12-22(18-20)44-2/h4-19H,3H2,1-2H3,(H3,34,36,38,40,42)(H3,35,37,39,41,43). The first-order chi connectivity index (χ1) is 23.0. The summed E-state index contributed by atoms with van der Waals surface area (Å²) in [5, 5.41) is 6.63. The van der Waals surface area contributed by atoms with Crippen LogP contribution in [-0.2, 0) is 0 Å². The first-order valence-corrected chi connectivity index (χ1v) is 16.6. The predicted octanol–water partition coefficient (Wildman–Crippen LogP) is 7.25. The zero-order valence-corrected chi connectivity index (χ0v) is 27.0. The third-order valence-electron chi connectivity index (χ3n) is 6.52. The average molecular weight is 663 g/mol. The van der Waals surface area contributed by atoms with Gasteiger partial charge in [-0.2, -0.15) is 29.9 Å². The summed E-state index contributed by atoms with van der Waals surface area (Å²) in [6, 6.07) is 30.7. The van der Waals surface area contributed by atoms with Gasteiger partial charge in [0.2, 0.25) is 23.8 Å². The molecule has 0 fully saturated rings. The van der Waals surface area contributed by atoms with Crippen LogP contribution in [0.25, 0.3) is 22.8 Å². The summed E-state index contributed by atoms with van der Waals surface area (Å²) >= 11 is 0. The Hall–Kier alpha value is -5.60. The highest BCUT2D eigenvalue weighted by atomic mass is 33.1. The SMILES string of the molecule is CCOc1cccc(-c2nc(N)nc(Nc3ccccc3SSc3ccccc3Nc3nc(N)nc(-c4cccc(OC)c4)n3)n2)c1. The van der Waals surface area contributed by atoms with Gasteiger partial charge in [-0.05, 0) is 55.5 Å². The molecule has 14 heteroatoms. The lowest BCUT2D eigenvalue weighted by Crippen LogP contribution is -2.05. The number of benzene rings is 4. The summed E-state index contributed by atoms with van der Waals surface area (Å²) in [6.45, 7) is 2.49. The van der Waals surface area contributed by atoms with Crippen molar-refractivity contribution in [2.75, 3.05) is 35.8 Å². The summed E-state index contributed by atoms with van der Waals surface area (Å²) in [5.41, 5.74) is 15.3. The van der Waals surface area contributed by atoms with Crippen molar-refractivity contribution in [3.63, 3.8) is 0 Å². The minimum Gasteiger partial charge on any atom is -0.497 e. The van der Waals surface area contributed by atoms with Crippen LogP contribution < -0.4 is 31.6 Å². The average Bonchev–Trinajstić information content (AvgIpc) is 3.08. The number of nitrogens with two attached hydrogens (primary N) is 2. The van der Waals surface area contributed by atoms with Gasteiger partial charge in [0.15, 0.2) is 11.6 Å². The molecule has 12 nitrogen and oxygen atoms in total. The van der Waals surface area contributed by atoms with E-state index in [-0.39, 0.29) is 11.9 Å². The van der Waals surface area contributed by atoms with Gasteiger partial charge in [-0.15, -0.1) is 0 Å². The van der Waals surface area contributed by atoms with E-state index in [1.54, 1.807) is 28.7 Å². The van der Waals surface area contributed by atoms with E-state index in [9.17, 15) is 0 Å². The van der Waals surface area contributed by atoms with E-state index in [4.69, 9.17) is 20.9 Å². The van der Waals surface area contributed by atoms with Crippen molar-refractivity contribution in [2.24, 2.45) is 0 Å². The Labute approximate surface area is 279 Å².